The van der Waals surface area contributed by atoms with Gasteiger partial charge in [-0.05, 0) is 0 Å². The second-order valence-electron chi connectivity index (χ2n) is 1.92. The normalized spacial score (nSPS) is 9.91. The third kappa shape index (κ3) is 2.03. The standard InChI is InChI=1S/C5H7N3O3/c6-11-2-3-1-4(9)8-5(10)7-3/h1H,2,6H2,(H2,7,8,9,10). The van der Waals surface area contributed by atoms with Crippen molar-refractivity contribution in [2.24, 2.45) is 5.90 Å². The fourth-order valence-electron chi connectivity index (χ4n) is 0.687. The SMILES string of the molecule is NOCc1cc(=O)[nH]c(=O)[nH]1. The first-order valence-electron chi connectivity index (χ1n) is 2.86. The lowest BCUT2D eigenvalue weighted by Gasteiger charge is -1.95. The van der Waals surface area contributed by atoms with E-state index in [1.54, 1.807) is 0 Å². The summed E-state index contributed by atoms with van der Waals surface area (Å²) in [6.07, 6.45) is 0. The minimum Gasteiger partial charge on any atom is -0.309 e. The summed E-state index contributed by atoms with van der Waals surface area (Å²) < 4.78 is 0. The van der Waals surface area contributed by atoms with Crippen molar-refractivity contribution in [2.75, 3.05) is 0 Å². The van der Waals surface area contributed by atoms with Gasteiger partial charge in [-0.25, -0.2) is 10.7 Å². The topological polar surface area (TPSA) is 101 Å². The van der Waals surface area contributed by atoms with Gasteiger partial charge in [0.2, 0.25) is 0 Å². The third-order valence-corrected chi connectivity index (χ3v) is 1.05. The number of nitrogens with two attached hydrogens (primary N) is 1. The Kier molecular flexibility index (Phi) is 2.19. The van der Waals surface area contributed by atoms with E-state index in [9.17, 15) is 9.59 Å². The molecule has 11 heavy (non-hydrogen) atoms. The summed E-state index contributed by atoms with van der Waals surface area (Å²) in [6.45, 7) is 0.0131. The van der Waals surface area contributed by atoms with Crippen LogP contribution in [0.15, 0.2) is 15.7 Å². The first-order valence-corrected chi connectivity index (χ1v) is 2.86. The third-order valence-electron chi connectivity index (χ3n) is 1.05. The molecule has 1 rings (SSSR count). The summed E-state index contributed by atoms with van der Waals surface area (Å²) in [5, 5.41) is 0. The van der Waals surface area contributed by atoms with Gasteiger partial charge in [0, 0.05) is 6.07 Å². The first-order chi connectivity index (χ1) is 5.22. The number of H-pyrrole nitrogens is 2. The second kappa shape index (κ2) is 3.13. The van der Waals surface area contributed by atoms with Crippen molar-refractivity contribution in [3.05, 3.63) is 32.6 Å². The summed E-state index contributed by atoms with van der Waals surface area (Å²) in [6, 6.07) is 1.20. The van der Waals surface area contributed by atoms with Gasteiger partial charge in [0.05, 0.1) is 5.69 Å². The number of hydrogen-bond donors (Lipinski definition) is 3. The molecule has 0 amide bonds. The maximum Gasteiger partial charge on any atom is 0.325 e. The van der Waals surface area contributed by atoms with E-state index in [1.807, 2.05) is 4.98 Å². The molecule has 0 saturated heterocycles. The van der Waals surface area contributed by atoms with Gasteiger partial charge in [-0.2, -0.15) is 0 Å². The molecule has 60 valence electrons. The molecule has 6 nitrogen and oxygen atoms in total. The lowest BCUT2D eigenvalue weighted by Crippen LogP contribution is -2.23. The van der Waals surface area contributed by atoms with Gasteiger partial charge >= 0.3 is 5.69 Å². The quantitative estimate of drug-likeness (QED) is 0.452. The van der Waals surface area contributed by atoms with Crippen molar-refractivity contribution in [2.45, 2.75) is 6.61 Å². The molecule has 0 aliphatic heterocycles. The molecule has 0 saturated carbocycles. The van der Waals surface area contributed by atoms with Crippen molar-refractivity contribution >= 4 is 0 Å². The van der Waals surface area contributed by atoms with Crippen LogP contribution in [-0.4, -0.2) is 9.97 Å². The smallest absolute Gasteiger partial charge is 0.309 e. The fraction of sp³-hybridized carbons (Fsp3) is 0.200. The molecule has 6 heteroatoms. The van der Waals surface area contributed by atoms with Gasteiger partial charge in [-0.1, -0.05) is 0 Å². The van der Waals surface area contributed by atoms with Crippen LogP contribution < -0.4 is 17.1 Å². The van der Waals surface area contributed by atoms with Crippen LogP contribution in [0, 0.1) is 0 Å². The van der Waals surface area contributed by atoms with Gasteiger partial charge in [-0.15, -0.1) is 0 Å². The highest BCUT2D eigenvalue weighted by atomic mass is 16.6. The highest BCUT2D eigenvalue weighted by Crippen LogP contribution is 1.84. The van der Waals surface area contributed by atoms with E-state index >= 15 is 0 Å². The molecule has 1 heterocycles. The van der Waals surface area contributed by atoms with Crippen LogP contribution in [0.4, 0.5) is 0 Å². The van der Waals surface area contributed by atoms with Crippen LogP contribution in [0.25, 0.3) is 0 Å². The zero-order valence-electron chi connectivity index (χ0n) is 5.59. The van der Waals surface area contributed by atoms with Crippen LogP contribution in [0.1, 0.15) is 5.69 Å². The average molecular weight is 157 g/mol. The predicted molar refractivity (Wildman–Crippen MR) is 36.7 cm³/mol. The van der Waals surface area contributed by atoms with E-state index in [4.69, 9.17) is 5.90 Å². The number of nitrogens with one attached hydrogen (secondary N) is 2. The Morgan fingerprint density at radius 1 is 1.45 bits per heavy atom. The Labute approximate surface area is 61.0 Å². The summed E-state index contributed by atoms with van der Waals surface area (Å²) in [5.41, 5.74) is -0.688. The molecule has 0 aliphatic carbocycles. The Hall–Kier alpha value is -1.40. The highest BCUT2D eigenvalue weighted by molar-refractivity contribution is 4.96. The highest BCUT2D eigenvalue weighted by Gasteiger charge is 1.94. The van der Waals surface area contributed by atoms with Crippen molar-refractivity contribution < 1.29 is 4.84 Å². The Morgan fingerprint density at radius 3 is 2.73 bits per heavy atom. The summed E-state index contributed by atoms with van der Waals surface area (Å²) in [7, 11) is 0. The summed E-state index contributed by atoms with van der Waals surface area (Å²) in [4.78, 5) is 29.7. The molecule has 0 atom stereocenters. The van der Waals surface area contributed by atoms with E-state index in [2.05, 4.69) is 9.82 Å². The van der Waals surface area contributed by atoms with Gasteiger partial charge in [0.25, 0.3) is 5.56 Å². The first kappa shape index (κ1) is 7.70. The van der Waals surface area contributed by atoms with Gasteiger partial charge in [-0.3, -0.25) is 14.6 Å². The predicted octanol–water partition coefficient (Wildman–Crippen LogP) is -1.55. The molecule has 0 unspecified atom stereocenters. The van der Waals surface area contributed by atoms with Crippen molar-refractivity contribution in [3.8, 4) is 0 Å². The monoisotopic (exact) mass is 157 g/mol. The zero-order chi connectivity index (χ0) is 8.27. The van der Waals surface area contributed by atoms with Crippen LogP contribution in [0.5, 0.6) is 0 Å². The van der Waals surface area contributed by atoms with Crippen molar-refractivity contribution in [1.82, 2.24) is 9.97 Å². The lowest BCUT2D eigenvalue weighted by molar-refractivity contribution is 0.121. The molecule has 0 bridgehead atoms. The zero-order valence-corrected chi connectivity index (χ0v) is 5.59. The molecule has 0 spiro atoms. The maximum atomic E-state index is 10.6. The summed E-state index contributed by atoms with van der Waals surface area (Å²) >= 11 is 0. The Morgan fingerprint density at radius 2 is 2.18 bits per heavy atom. The molecule has 1 aromatic rings. The minimum atomic E-state index is -0.565. The van der Waals surface area contributed by atoms with E-state index in [0.29, 0.717) is 5.69 Å². The number of aromatic amines is 2. The second-order valence-corrected chi connectivity index (χ2v) is 1.92. The Bertz CT molecular complexity index is 311. The van der Waals surface area contributed by atoms with Crippen LogP contribution in [-0.2, 0) is 11.4 Å². The van der Waals surface area contributed by atoms with Crippen LogP contribution in [0.2, 0.25) is 0 Å². The minimum absolute atomic E-state index is 0.0131. The molecule has 4 N–H and O–H groups in total. The molecule has 0 aromatic carbocycles. The van der Waals surface area contributed by atoms with Gasteiger partial charge in [0.1, 0.15) is 6.61 Å². The van der Waals surface area contributed by atoms with E-state index < -0.39 is 11.2 Å². The fourth-order valence-corrected chi connectivity index (χ4v) is 0.687. The molecular weight excluding hydrogens is 150 g/mol. The summed E-state index contributed by atoms with van der Waals surface area (Å²) in [5.74, 6) is 4.73. The molecule has 0 fully saturated rings. The van der Waals surface area contributed by atoms with Crippen LogP contribution >= 0.6 is 0 Å². The largest absolute Gasteiger partial charge is 0.325 e. The number of hydrogen-bond acceptors (Lipinski definition) is 4. The molecule has 1 aromatic heterocycles. The Balaban J connectivity index is 3.09. The van der Waals surface area contributed by atoms with Crippen molar-refractivity contribution in [1.29, 1.82) is 0 Å². The molecule has 0 aliphatic rings. The van der Waals surface area contributed by atoms with E-state index in [1.165, 1.54) is 6.07 Å². The van der Waals surface area contributed by atoms with Crippen molar-refractivity contribution in [3.63, 3.8) is 0 Å². The van der Waals surface area contributed by atoms with E-state index in [-0.39, 0.29) is 6.61 Å². The average Bonchev–Trinajstić information content (AvgIpc) is 1.85. The number of aromatic nitrogens is 2. The molecular formula is C5H7N3O3. The van der Waals surface area contributed by atoms with Crippen LogP contribution in [0.3, 0.4) is 0 Å². The maximum absolute atomic E-state index is 10.6. The van der Waals surface area contributed by atoms with E-state index in [0.717, 1.165) is 0 Å². The lowest BCUT2D eigenvalue weighted by atomic mass is 10.4. The van der Waals surface area contributed by atoms with Gasteiger partial charge < -0.3 is 4.98 Å². The van der Waals surface area contributed by atoms with Gasteiger partial charge in [0.15, 0.2) is 0 Å². The number of rotatable bonds is 2. The molecule has 0 radical (unpaired) electrons.